The molecule has 0 radical (unpaired) electrons. The lowest BCUT2D eigenvalue weighted by Gasteiger charge is -2.12. The van der Waals surface area contributed by atoms with Gasteiger partial charge in [0.2, 0.25) is 0 Å². The number of aryl methyl sites for hydroxylation is 2. The predicted octanol–water partition coefficient (Wildman–Crippen LogP) is 3.06. The van der Waals surface area contributed by atoms with Crippen molar-refractivity contribution in [2.24, 2.45) is 0 Å². The Labute approximate surface area is 122 Å². The van der Waals surface area contributed by atoms with E-state index in [1.165, 1.54) is 28.4 Å². The van der Waals surface area contributed by atoms with E-state index in [1.807, 2.05) is 41.0 Å². The molecule has 3 rings (SSSR count). The monoisotopic (exact) mass is 293 g/mol. The summed E-state index contributed by atoms with van der Waals surface area (Å²) in [7, 11) is 2.03. The summed E-state index contributed by atoms with van der Waals surface area (Å²) >= 11 is 4.01. The van der Waals surface area contributed by atoms with E-state index in [0.717, 1.165) is 6.54 Å². The maximum Gasteiger partial charge on any atom is 0.0699 e. The molecule has 102 valence electrons. The first-order chi connectivity index (χ1) is 9.31. The minimum atomic E-state index is 0.279. The van der Waals surface area contributed by atoms with Crippen molar-refractivity contribution in [3.05, 3.63) is 39.3 Å². The summed E-state index contributed by atoms with van der Waals surface area (Å²) < 4.78 is 1.99. The third-order valence-corrected chi connectivity index (χ3v) is 5.84. The minimum absolute atomic E-state index is 0.279. The van der Waals surface area contributed by atoms with Gasteiger partial charge in [-0.3, -0.25) is 4.68 Å². The van der Waals surface area contributed by atoms with Crippen molar-refractivity contribution < 1.29 is 0 Å². The van der Waals surface area contributed by atoms with Crippen LogP contribution in [0.15, 0.2) is 18.5 Å². The summed E-state index contributed by atoms with van der Waals surface area (Å²) in [5.74, 6) is 2.45. The van der Waals surface area contributed by atoms with Crippen molar-refractivity contribution in [1.29, 1.82) is 0 Å². The number of hydrogen-bond donors (Lipinski definition) is 1. The van der Waals surface area contributed by atoms with Gasteiger partial charge < -0.3 is 5.32 Å². The molecule has 3 nitrogen and oxygen atoms in total. The van der Waals surface area contributed by atoms with E-state index in [0.29, 0.717) is 0 Å². The Balaban J connectivity index is 1.91. The Bertz CT molecular complexity index is 535. The lowest BCUT2D eigenvalue weighted by atomic mass is 10.1. The zero-order chi connectivity index (χ0) is 13.2. The van der Waals surface area contributed by atoms with Crippen molar-refractivity contribution >= 4 is 23.1 Å². The number of thioether (sulfide) groups is 1. The highest BCUT2D eigenvalue weighted by Gasteiger charge is 2.20. The number of hydrogen-bond acceptors (Lipinski definition) is 4. The van der Waals surface area contributed by atoms with Crippen LogP contribution in [-0.2, 0) is 18.7 Å². The van der Waals surface area contributed by atoms with Crippen molar-refractivity contribution in [1.82, 2.24) is 15.1 Å². The molecule has 1 aliphatic heterocycles. The highest BCUT2D eigenvalue weighted by atomic mass is 32.2. The van der Waals surface area contributed by atoms with Gasteiger partial charge in [-0.1, -0.05) is 0 Å². The van der Waals surface area contributed by atoms with Gasteiger partial charge in [-0.25, -0.2) is 0 Å². The molecule has 0 saturated carbocycles. The molecular formula is C14H19N3S2. The van der Waals surface area contributed by atoms with Crippen molar-refractivity contribution in [2.75, 3.05) is 12.8 Å². The number of thiophene rings is 1. The molecule has 0 saturated heterocycles. The lowest BCUT2D eigenvalue weighted by Crippen LogP contribution is -2.15. The predicted molar refractivity (Wildman–Crippen MR) is 83.0 cm³/mol. The third-order valence-electron chi connectivity index (χ3n) is 3.53. The average molecular weight is 293 g/mol. The molecule has 0 aromatic carbocycles. The first kappa shape index (κ1) is 13.2. The molecule has 2 aromatic rings. The second kappa shape index (κ2) is 5.69. The molecule has 1 unspecified atom stereocenters. The van der Waals surface area contributed by atoms with Crippen LogP contribution in [0.3, 0.4) is 0 Å². The number of nitrogens with zero attached hydrogens (tertiary/aromatic N) is 2. The Morgan fingerprint density at radius 1 is 1.53 bits per heavy atom. The van der Waals surface area contributed by atoms with E-state index in [9.17, 15) is 0 Å². The Morgan fingerprint density at radius 2 is 2.42 bits per heavy atom. The summed E-state index contributed by atoms with van der Waals surface area (Å²) in [5.41, 5.74) is 2.80. The molecule has 0 bridgehead atoms. The standard InChI is InChI=1S/C14H19N3S2/c1-3-17-8-11(7-16-17)14(15-2)13-6-10-9-18-5-4-12(10)19-13/h6-8,14-15H,3-5,9H2,1-2H3. The Kier molecular flexibility index (Phi) is 3.96. The van der Waals surface area contributed by atoms with Gasteiger partial charge in [-0.2, -0.15) is 16.9 Å². The third kappa shape index (κ3) is 2.59. The van der Waals surface area contributed by atoms with Crippen LogP contribution in [0.4, 0.5) is 0 Å². The zero-order valence-corrected chi connectivity index (χ0v) is 13.0. The quantitative estimate of drug-likeness (QED) is 0.939. The van der Waals surface area contributed by atoms with Gasteiger partial charge in [-0.05, 0) is 37.8 Å². The largest absolute Gasteiger partial charge is 0.309 e. The van der Waals surface area contributed by atoms with Crippen molar-refractivity contribution in [3.8, 4) is 0 Å². The van der Waals surface area contributed by atoms with Crippen LogP contribution < -0.4 is 5.32 Å². The molecule has 0 spiro atoms. The summed E-state index contributed by atoms with van der Waals surface area (Å²) in [6, 6.07) is 2.66. The van der Waals surface area contributed by atoms with E-state index < -0.39 is 0 Å². The van der Waals surface area contributed by atoms with E-state index in [1.54, 1.807) is 10.4 Å². The van der Waals surface area contributed by atoms with Crippen LogP contribution in [0, 0.1) is 0 Å². The zero-order valence-electron chi connectivity index (χ0n) is 11.3. The molecule has 19 heavy (non-hydrogen) atoms. The normalized spacial score (nSPS) is 16.3. The molecule has 0 amide bonds. The van der Waals surface area contributed by atoms with E-state index in [-0.39, 0.29) is 6.04 Å². The summed E-state index contributed by atoms with van der Waals surface area (Å²) in [5, 5.41) is 7.82. The second-order valence-corrected chi connectivity index (χ2v) is 7.02. The van der Waals surface area contributed by atoms with Gasteiger partial charge in [0, 0.05) is 33.8 Å². The molecule has 1 N–H and O–H groups in total. The number of nitrogens with one attached hydrogen (secondary N) is 1. The van der Waals surface area contributed by atoms with Gasteiger partial charge in [0.25, 0.3) is 0 Å². The number of rotatable bonds is 4. The molecular weight excluding hydrogens is 274 g/mol. The average Bonchev–Trinajstić information content (AvgIpc) is 3.05. The fraction of sp³-hybridized carbons (Fsp3) is 0.500. The van der Waals surface area contributed by atoms with Gasteiger partial charge in [0.1, 0.15) is 0 Å². The van der Waals surface area contributed by atoms with Crippen molar-refractivity contribution in [2.45, 2.75) is 31.7 Å². The van der Waals surface area contributed by atoms with Crippen LogP contribution in [0.5, 0.6) is 0 Å². The molecule has 1 aliphatic rings. The minimum Gasteiger partial charge on any atom is -0.309 e. The fourth-order valence-corrected chi connectivity index (χ4v) is 5.00. The molecule has 0 aliphatic carbocycles. The second-order valence-electron chi connectivity index (χ2n) is 4.75. The van der Waals surface area contributed by atoms with Gasteiger partial charge in [-0.15, -0.1) is 11.3 Å². The van der Waals surface area contributed by atoms with Gasteiger partial charge >= 0.3 is 0 Å². The maximum atomic E-state index is 4.39. The van der Waals surface area contributed by atoms with Crippen LogP contribution in [0.2, 0.25) is 0 Å². The maximum absolute atomic E-state index is 4.39. The lowest BCUT2D eigenvalue weighted by molar-refractivity contribution is 0.655. The van der Waals surface area contributed by atoms with Gasteiger partial charge in [0.05, 0.1) is 12.2 Å². The Hall–Kier alpha value is -0.780. The molecule has 5 heteroatoms. The smallest absolute Gasteiger partial charge is 0.0699 e. The van der Waals surface area contributed by atoms with Gasteiger partial charge in [0.15, 0.2) is 0 Å². The van der Waals surface area contributed by atoms with Crippen LogP contribution in [0.1, 0.15) is 33.8 Å². The van der Waals surface area contributed by atoms with Crippen LogP contribution >= 0.6 is 23.1 Å². The molecule has 1 atom stereocenters. The van der Waals surface area contributed by atoms with E-state index >= 15 is 0 Å². The molecule has 0 fully saturated rings. The summed E-state index contributed by atoms with van der Waals surface area (Å²) in [6.07, 6.45) is 5.36. The molecule has 2 aromatic heterocycles. The fourth-order valence-electron chi connectivity index (χ4n) is 2.49. The van der Waals surface area contributed by atoms with Crippen LogP contribution in [-0.4, -0.2) is 22.6 Å². The summed E-state index contributed by atoms with van der Waals surface area (Å²) in [6.45, 7) is 3.04. The first-order valence-corrected chi connectivity index (χ1v) is 8.67. The highest BCUT2D eigenvalue weighted by Crippen LogP contribution is 2.36. The van der Waals surface area contributed by atoms with E-state index in [4.69, 9.17) is 0 Å². The highest BCUT2D eigenvalue weighted by molar-refractivity contribution is 7.98. The van der Waals surface area contributed by atoms with Crippen LogP contribution in [0.25, 0.3) is 0 Å². The number of fused-ring (bicyclic) bond motifs is 1. The summed E-state index contributed by atoms with van der Waals surface area (Å²) in [4.78, 5) is 3.00. The van der Waals surface area contributed by atoms with Crippen molar-refractivity contribution in [3.63, 3.8) is 0 Å². The first-order valence-electron chi connectivity index (χ1n) is 6.70. The number of aromatic nitrogens is 2. The topological polar surface area (TPSA) is 29.9 Å². The van der Waals surface area contributed by atoms with E-state index in [2.05, 4.69) is 29.6 Å². The molecule has 3 heterocycles. The SMILES string of the molecule is CCn1cc(C(NC)c2cc3c(s2)CCSC3)cn1. The Morgan fingerprint density at radius 3 is 3.11 bits per heavy atom.